The molecule has 1 aliphatic rings. The van der Waals surface area contributed by atoms with Crippen LogP contribution in [0.3, 0.4) is 0 Å². The molecule has 0 fully saturated rings. The Kier molecular flexibility index (Phi) is 4.31. The lowest BCUT2D eigenvalue weighted by Crippen LogP contribution is -2.33. The van der Waals surface area contributed by atoms with Crippen molar-refractivity contribution in [2.45, 2.75) is 31.2 Å². The van der Waals surface area contributed by atoms with Crippen LogP contribution in [0.1, 0.15) is 34.3 Å². The number of H-pyrrole nitrogens is 1. The molecule has 0 saturated carbocycles. The van der Waals surface area contributed by atoms with E-state index < -0.39 is 16.0 Å². The maximum atomic E-state index is 13.2. The fraction of sp³-hybridized carbons (Fsp3) is 0.375. The number of sulfonamides is 1. The van der Waals surface area contributed by atoms with Gasteiger partial charge in [0.05, 0.1) is 19.0 Å². The number of anilines is 1. The second-order valence-corrected chi connectivity index (χ2v) is 7.52. The van der Waals surface area contributed by atoms with Crippen LogP contribution < -0.4 is 4.31 Å². The van der Waals surface area contributed by atoms with Gasteiger partial charge in [0.25, 0.3) is 10.0 Å². The van der Waals surface area contributed by atoms with E-state index in [0.29, 0.717) is 12.2 Å². The Morgan fingerprint density at radius 1 is 1.33 bits per heavy atom. The van der Waals surface area contributed by atoms with Gasteiger partial charge in [-0.15, -0.1) is 0 Å². The molecule has 24 heavy (non-hydrogen) atoms. The van der Waals surface area contributed by atoms with E-state index in [1.54, 1.807) is 0 Å². The lowest BCUT2D eigenvalue weighted by Gasteiger charge is -2.25. The normalized spacial score (nSPS) is 14.8. The van der Waals surface area contributed by atoms with Crippen molar-refractivity contribution in [1.82, 2.24) is 10.2 Å². The maximum Gasteiger partial charge on any atom is 0.342 e. The summed E-state index contributed by atoms with van der Waals surface area (Å²) in [7, 11) is -2.74. The number of hydrogen-bond acceptors (Lipinski definition) is 5. The Bertz CT molecular complexity index is 873. The summed E-state index contributed by atoms with van der Waals surface area (Å²) in [6, 6.07) is 5.77. The molecule has 0 atom stereocenters. The van der Waals surface area contributed by atoms with E-state index in [0.717, 1.165) is 30.4 Å². The average molecular weight is 349 g/mol. The van der Waals surface area contributed by atoms with Crippen molar-refractivity contribution in [2.75, 3.05) is 18.0 Å². The minimum absolute atomic E-state index is 0.0862. The summed E-state index contributed by atoms with van der Waals surface area (Å²) >= 11 is 0. The van der Waals surface area contributed by atoms with E-state index in [2.05, 4.69) is 14.9 Å². The molecule has 3 rings (SSSR count). The number of methoxy groups -OCH3 is 1. The van der Waals surface area contributed by atoms with Crippen molar-refractivity contribution in [3.8, 4) is 0 Å². The Morgan fingerprint density at radius 3 is 2.88 bits per heavy atom. The van der Waals surface area contributed by atoms with Crippen LogP contribution in [0.15, 0.2) is 29.4 Å². The van der Waals surface area contributed by atoms with Gasteiger partial charge in [-0.25, -0.2) is 4.79 Å². The van der Waals surface area contributed by atoms with Gasteiger partial charge in [-0.1, -0.05) is 18.2 Å². The fourth-order valence-corrected chi connectivity index (χ4v) is 4.71. The number of fused-ring (bicyclic) bond motifs is 1. The van der Waals surface area contributed by atoms with Crippen LogP contribution in [-0.2, 0) is 21.2 Å². The monoisotopic (exact) mass is 349 g/mol. The topological polar surface area (TPSA) is 92.4 Å². The molecule has 1 aromatic heterocycles. The molecule has 0 amide bonds. The van der Waals surface area contributed by atoms with Crippen LogP contribution in [0.25, 0.3) is 0 Å². The number of carbonyl (C=O) groups is 1. The molecule has 1 aliphatic heterocycles. The van der Waals surface area contributed by atoms with Crippen molar-refractivity contribution in [3.63, 3.8) is 0 Å². The number of nitrogens with zero attached hydrogens (tertiary/aromatic N) is 2. The molecule has 0 bridgehead atoms. The van der Waals surface area contributed by atoms with Crippen LogP contribution in [0.2, 0.25) is 0 Å². The number of aryl methyl sites for hydroxylation is 2. The van der Waals surface area contributed by atoms with Crippen LogP contribution in [0, 0.1) is 6.92 Å². The zero-order valence-corrected chi connectivity index (χ0v) is 14.4. The minimum atomic E-state index is -3.95. The highest BCUT2D eigenvalue weighted by Gasteiger charge is 2.34. The second kappa shape index (κ2) is 6.27. The molecule has 2 heterocycles. The van der Waals surface area contributed by atoms with Gasteiger partial charge in [0.2, 0.25) is 0 Å². The molecule has 7 nitrogen and oxygen atoms in total. The summed E-state index contributed by atoms with van der Waals surface area (Å²) in [5.41, 5.74) is 2.49. The van der Waals surface area contributed by atoms with Gasteiger partial charge in [0.15, 0.2) is 5.03 Å². The molecule has 0 radical (unpaired) electrons. The molecule has 0 saturated heterocycles. The van der Waals surface area contributed by atoms with Crippen LogP contribution in [0.4, 0.5) is 5.69 Å². The van der Waals surface area contributed by atoms with Gasteiger partial charge >= 0.3 is 5.97 Å². The summed E-state index contributed by atoms with van der Waals surface area (Å²) in [5, 5.41) is 5.94. The van der Waals surface area contributed by atoms with E-state index in [-0.39, 0.29) is 10.6 Å². The SMILES string of the molecule is COC(=O)c1cn[nH]c1S(=O)(=O)N1CCCCc2cccc(C)c21. The Balaban J connectivity index is 2.15. The largest absolute Gasteiger partial charge is 0.465 e. The van der Waals surface area contributed by atoms with Crippen molar-refractivity contribution < 1.29 is 17.9 Å². The number of para-hydroxylation sites is 1. The average Bonchev–Trinajstić information content (AvgIpc) is 2.95. The van der Waals surface area contributed by atoms with Crippen molar-refractivity contribution in [1.29, 1.82) is 0 Å². The number of benzene rings is 1. The Hall–Kier alpha value is -2.35. The number of rotatable bonds is 3. The first kappa shape index (κ1) is 16.5. The first-order chi connectivity index (χ1) is 11.5. The van der Waals surface area contributed by atoms with E-state index >= 15 is 0 Å². The summed E-state index contributed by atoms with van der Waals surface area (Å²) in [6.45, 7) is 2.25. The van der Waals surface area contributed by atoms with Crippen molar-refractivity contribution >= 4 is 21.7 Å². The molecular formula is C16H19N3O4S. The Morgan fingerprint density at radius 2 is 2.12 bits per heavy atom. The molecule has 0 spiro atoms. The smallest absolute Gasteiger partial charge is 0.342 e. The standard InChI is InChI=1S/C16H19N3O4S/c1-11-6-5-8-12-7-3-4-9-19(14(11)12)24(21,22)15-13(10-17-18-15)16(20)23-2/h5-6,8,10H,3-4,7,9H2,1-2H3,(H,17,18). The predicted octanol–water partition coefficient (Wildman–Crippen LogP) is 2.04. The molecule has 2 aromatic rings. The lowest BCUT2D eigenvalue weighted by atomic mass is 10.0. The Labute approximate surface area is 140 Å². The molecule has 1 N–H and O–H groups in total. The van der Waals surface area contributed by atoms with Crippen LogP contribution in [0.5, 0.6) is 0 Å². The lowest BCUT2D eigenvalue weighted by molar-refractivity contribution is 0.0596. The minimum Gasteiger partial charge on any atom is -0.465 e. The summed E-state index contributed by atoms with van der Waals surface area (Å²) in [5.74, 6) is -0.734. The molecule has 0 aliphatic carbocycles. The van der Waals surface area contributed by atoms with Gasteiger partial charge in [-0.05, 0) is 37.3 Å². The summed E-state index contributed by atoms with van der Waals surface area (Å²) < 4.78 is 32.4. The van der Waals surface area contributed by atoms with Crippen molar-refractivity contribution in [3.05, 3.63) is 41.1 Å². The highest BCUT2D eigenvalue weighted by molar-refractivity contribution is 7.92. The third kappa shape index (κ3) is 2.66. The molecule has 8 heteroatoms. The highest BCUT2D eigenvalue weighted by atomic mass is 32.2. The van der Waals surface area contributed by atoms with Gasteiger partial charge in [0.1, 0.15) is 5.56 Å². The van der Waals surface area contributed by atoms with Gasteiger partial charge in [-0.3, -0.25) is 9.40 Å². The van der Waals surface area contributed by atoms with E-state index in [4.69, 9.17) is 0 Å². The summed E-state index contributed by atoms with van der Waals surface area (Å²) in [6.07, 6.45) is 3.66. The molecule has 128 valence electrons. The first-order valence-electron chi connectivity index (χ1n) is 7.69. The quantitative estimate of drug-likeness (QED) is 0.856. The first-order valence-corrected chi connectivity index (χ1v) is 9.13. The van der Waals surface area contributed by atoms with Gasteiger partial charge in [0, 0.05) is 6.54 Å². The number of aromatic nitrogens is 2. The maximum absolute atomic E-state index is 13.2. The molecule has 1 aromatic carbocycles. The molecule has 0 unspecified atom stereocenters. The van der Waals surface area contributed by atoms with Crippen LogP contribution in [-0.4, -0.2) is 38.2 Å². The fourth-order valence-electron chi connectivity index (χ4n) is 3.04. The van der Waals surface area contributed by atoms with E-state index in [1.165, 1.54) is 17.6 Å². The van der Waals surface area contributed by atoms with Crippen molar-refractivity contribution in [2.24, 2.45) is 0 Å². The van der Waals surface area contributed by atoms with Gasteiger partial charge < -0.3 is 4.74 Å². The zero-order valence-electron chi connectivity index (χ0n) is 13.6. The number of nitrogens with one attached hydrogen (secondary N) is 1. The number of carbonyl (C=O) groups excluding carboxylic acids is 1. The highest BCUT2D eigenvalue weighted by Crippen LogP contribution is 2.34. The number of ether oxygens (including phenoxy) is 1. The molecular weight excluding hydrogens is 330 g/mol. The number of hydrogen-bond donors (Lipinski definition) is 1. The zero-order chi connectivity index (χ0) is 17.3. The second-order valence-electron chi connectivity index (χ2n) is 5.72. The summed E-state index contributed by atoms with van der Waals surface area (Å²) in [4.78, 5) is 11.8. The van der Waals surface area contributed by atoms with E-state index in [1.807, 2.05) is 25.1 Å². The number of esters is 1. The third-order valence-corrected chi connectivity index (χ3v) is 5.96. The third-order valence-electron chi connectivity index (χ3n) is 4.19. The van der Waals surface area contributed by atoms with Gasteiger partial charge in [-0.2, -0.15) is 13.5 Å². The van der Waals surface area contributed by atoms with Crippen LogP contribution >= 0.6 is 0 Å². The predicted molar refractivity (Wildman–Crippen MR) is 88.6 cm³/mol. The number of aromatic amines is 1. The van der Waals surface area contributed by atoms with E-state index in [9.17, 15) is 13.2 Å².